The summed E-state index contributed by atoms with van der Waals surface area (Å²) in [5.41, 5.74) is 1.91. The van der Waals surface area contributed by atoms with E-state index in [9.17, 15) is 0 Å². The molecule has 0 spiro atoms. The minimum Gasteiger partial charge on any atom is -0.437 e. The van der Waals surface area contributed by atoms with E-state index in [1.54, 1.807) is 0 Å². The second-order valence-electron chi connectivity index (χ2n) is 4.63. The van der Waals surface area contributed by atoms with E-state index in [-0.39, 0.29) is 0 Å². The van der Waals surface area contributed by atoms with Crippen LogP contribution in [0.5, 0.6) is 11.6 Å². The number of hydrogen-bond donors (Lipinski definition) is 1. The van der Waals surface area contributed by atoms with Gasteiger partial charge in [0.1, 0.15) is 17.1 Å². The largest absolute Gasteiger partial charge is 0.437 e. The van der Waals surface area contributed by atoms with E-state index in [1.165, 1.54) is 0 Å². The third kappa shape index (κ3) is 3.09. The summed E-state index contributed by atoms with van der Waals surface area (Å²) in [5, 5.41) is 3.33. The first-order valence-electron chi connectivity index (χ1n) is 6.88. The number of nitrogens with zero attached hydrogens (tertiary/aromatic N) is 2. The zero-order valence-corrected chi connectivity index (χ0v) is 13.3. The average Bonchev–Trinajstić information content (AvgIpc) is 2.82. The van der Waals surface area contributed by atoms with E-state index in [4.69, 9.17) is 4.74 Å². The molecule has 0 radical (unpaired) electrons. The van der Waals surface area contributed by atoms with Gasteiger partial charge in [0.25, 0.3) is 0 Å². The van der Waals surface area contributed by atoms with Crippen molar-refractivity contribution in [2.75, 3.05) is 6.54 Å². The third-order valence-corrected chi connectivity index (χ3v) is 3.64. The molecule has 2 aromatic heterocycles. The minimum atomic E-state index is 0.639. The first-order chi connectivity index (χ1) is 10.3. The summed E-state index contributed by atoms with van der Waals surface area (Å²) in [4.78, 5) is 4.58. The Morgan fingerprint density at radius 1 is 1.24 bits per heavy atom. The molecule has 3 rings (SSSR count). The summed E-state index contributed by atoms with van der Waals surface area (Å²) in [6.45, 7) is 3.69. The van der Waals surface area contributed by atoms with Crippen LogP contribution in [0.3, 0.4) is 0 Å². The number of halogens is 1. The van der Waals surface area contributed by atoms with Gasteiger partial charge in [-0.25, -0.2) is 0 Å². The molecular formula is C16H16BrN3O. The number of pyridine rings is 1. The van der Waals surface area contributed by atoms with E-state index in [0.29, 0.717) is 12.4 Å². The first-order valence-corrected chi connectivity index (χ1v) is 7.67. The number of fused-ring (bicyclic) bond motifs is 1. The molecule has 0 saturated heterocycles. The third-order valence-electron chi connectivity index (χ3n) is 3.15. The van der Waals surface area contributed by atoms with E-state index < -0.39 is 0 Å². The van der Waals surface area contributed by atoms with Gasteiger partial charge in [0, 0.05) is 17.2 Å². The van der Waals surface area contributed by atoms with Crippen molar-refractivity contribution in [3.8, 4) is 11.6 Å². The molecule has 0 amide bonds. The fourth-order valence-corrected chi connectivity index (χ4v) is 2.53. The van der Waals surface area contributed by atoms with Crippen LogP contribution in [0.1, 0.15) is 12.6 Å². The summed E-state index contributed by atoms with van der Waals surface area (Å²) in [6, 6.07) is 13.7. The first kappa shape index (κ1) is 14.1. The number of ether oxygens (including phenoxy) is 1. The van der Waals surface area contributed by atoms with Crippen molar-refractivity contribution in [1.29, 1.82) is 0 Å². The van der Waals surface area contributed by atoms with Crippen molar-refractivity contribution < 1.29 is 4.74 Å². The van der Waals surface area contributed by atoms with E-state index >= 15 is 0 Å². The fourth-order valence-electron chi connectivity index (χ4n) is 2.15. The molecule has 2 heterocycles. The lowest BCUT2D eigenvalue weighted by molar-refractivity contribution is 0.456. The summed E-state index contributed by atoms with van der Waals surface area (Å²) in [5.74, 6) is 1.41. The Morgan fingerprint density at radius 3 is 2.95 bits per heavy atom. The monoisotopic (exact) mass is 345 g/mol. The molecule has 5 heteroatoms. The van der Waals surface area contributed by atoms with E-state index in [0.717, 1.165) is 28.1 Å². The van der Waals surface area contributed by atoms with Crippen LogP contribution in [0.4, 0.5) is 0 Å². The van der Waals surface area contributed by atoms with Crippen molar-refractivity contribution in [2.45, 2.75) is 13.5 Å². The van der Waals surface area contributed by atoms with E-state index in [1.807, 2.05) is 48.7 Å². The van der Waals surface area contributed by atoms with Gasteiger partial charge in [-0.1, -0.05) is 35.0 Å². The standard InChI is InChI=1S/C16H16BrN3O/c1-2-18-11-14-16(19-15-8-3-4-9-20(14)15)21-13-7-5-6-12(17)10-13/h3-10,18H,2,11H2,1H3. The van der Waals surface area contributed by atoms with Gasteiger partial charge in [0.2, 0.25) is 5.88 Å². The molecular weight excluding hydrogens is 330 g/mol. The van der Waals surface area contributed by atoms with Gasteiger partial charge in [-0.3, -0.25) is 4.40 Å². The Kier molecular flexibility index (Phi) is 4.22. The number of hydrogen-bond acceptors (Lipinski definition) is 3. The Labute approximate surface area is 131 Å². The van der Waals surface area contributed by atoms with Gasteiger partial charge in [-0.15, -0.1) is 0 Å². The van der Waals surface area contributed by atoms with Gasteiger partial charge in [0.15, 0.2) is 0 Å². The predicted molar refractivity (Wildman–Crippen MR) is 86.8 cm³/mol. The topological polar surface area (TPSA) is 38.6 Å². The summed E-state index contributed by atoms with van der Waals surface area (Å²) < 4.78 is 9.01. The molecule has 108 valence electrons. The highest BCUT2D eigenvalue weighted by molar-refractivity contribution is 9.10. The number of nitrogens with one attached hydrogen (secondary N) is 1. The van der Waals surface area contributed by atoms with Crippen molar-refractivity contribution in [2.24, 2.45) is 0 Å². The Morgan fingerprint density at radius 2 is 2.14 bits per heavy atom. The highest BCUT2D eigenvalue weighted by atomic mass is 79.9. The molecule has 1 N–H and O–H groups in total. The van der Waals surface area contributed by atoms with Crippen LogP contribution in [0.2, 0.25) is 0 Å². The summed E-state index contributed by atoms with van der Waals surface area (Å²) >= 11 is 3.45. The second-order valence-corrected chi connectivity index (χ2v) is 5.55. The smallest absolute Gasteiger partial charge is 0.242 e. The van der Waals surface area contributed by atoms with Crippen molar-refractivity contribution in [3.63, 3.8) is 0 Å². The molecule has 0 unspecified atom stereocenters. The predicted octanol–water partition coefficient (Wildman–Crippen LogP) is 4.00. The minimum absolute atomic E-state index is 0.639. The maximum Gasteiger partial charge on any atom is 0.242 e. The maximum atomic E-state index is 5.97. The molecule has 0 aliphatic carbocycles. The van der Waals surface area contributed by atoms with Crippen molar-refractivity contribution in [3.05, 3.63) is 58.8 Å². The summed E-state index contributed by atoms with van der Waals surface area (Å²) in [7, 11) is 0. The van der Waals surface area contributed by atoms with Crippen molar-refractivity contribution in [1.82, 2.24) is 14.7 Å². The van der Waals surface area contributed by atoms with Crippen LogP contribution >= 0.6 is 15.9 Å². The van der Waals surface area contributed by atoms with Crippen LogP contribution in [-0.2, 0) is 6.54 Å². The van der Waals surface area contributed by atoms with Gasteiger partial charge in [-0.2, -0.15) is 4.98 Å². The van der Waals surface area contributed by atoms with E-state index in [2.05, 4.69) is 37.6 Å². The average molecular weight is 346 g/mol. The van der Waals surface area contributed by atoms with Gasteiger partial charge in [0.05, 0.1) is 0 Å². The Balaban J connectivity index is 2.00. The lowest BCUT2D eigenvalue weighted by Crippen LogP contribution is -2.14. The number of imidazole rings is 1. The van der Waals surface area contributed by atoms with Crippen molar-refractivity contribution >= 4 is 21.6 Å². The molecule has 1 aromatic carbocycles. The molecule has 0 bridgehead atoms. The Hall–Kier alpha value is -1.85. The van der Waals surface area contributed by atoms with Crippen LogP contribution in [0.15, 0.2) is 53.1 Å². The second kappa shape index (κ2) is 6.28. The normalized spacial score (nSPS) is 11.0. The molecule has 0 atom stereocenters. The number of rotatable bonds is 5. The lowest BCUT2D eigenvalue weighted by atomic mass is 10.3. The SMILES string of the molecule is CCNCc1c(Oc2cccc(Br)c2)nc2ccccn12. The van der Waals surface area contributed by atoms with Gasteiger partial charge < -0.3 is 10.1 Å². The molecule has 0 fully saturated rings. The molecule has 0 aliphatic rings. The highest BCUT2D eigenvalue weighted by Gasteiger charge is 2.13. The zero-order valence-electron chi connectivity index (χ0n) is 11.7. The molecule has 0 saturated carbocycles. The molecule has 21 heavy (non-hydrogen) atoms. The van der Waals surface area contributed by atoms with Crippen LogP contribution in [0, 0.1) is 0 Å². The van der Waals surface area contributed by atoms with Crippen LogP contribution in [-0.4, -0.2) is 15.9 Å². The maximum absolute atomic E-state index is 5.97. The Bertz CT molecular complexity index is 754. The highest BCUT2D eigenvalue weighted by Crippen LogP contribution is 2.27. The number of aromatic nitrogens is 2. The number of benzene rings is 1. The van der Waals surface area contributed by atoms with Gasteiger partial charge in [-0.05, 0) is 36.9 Å². The lowest BCUT2D eigenvalue weighted by Gasteiger charge is -2.07. The van der Waals surface area contributed by atoms with Crippen LogP contribution < -0.4 is 10.1 Å². The van der Waals surface area contributed by atoms with Crippen LogP contribution in [0.25, 0.3) is 5.65 Å². The summed E-state index contributed by atoms with van der Waals surface area (Å²) in [6.07, 6.45) is 2.00. The van der Waals surface area contributed by atoms with Gasteiger partial charge >= 0.3 is 0 Å². The fraction of sp³-hybridized carbons (Fsp3) is 0.188. The quantitative estimate of drug-likeness (QED) is 0.759. The molecule has 0 aliphatic heterocycles. The molecule has 4 nitrogen and oxygen atoms in total. The molecule has 3 aromatic rings. The zero-order chi connectivity index (χ0) is 14.7.